The number of nitrogens with zero attached hydrogens (tertiary/aromatic N) is 8. The molecule has 10 nitrogen and oxygen atoms in total. The fourth-order valence-corrected chi connectivity index (χ4v) is 6.05. The Morgan fingerprint density at radius 1 is 0.800 bits per heavy atom. The predicted molar refractivity (Wildman–Crippen MR) is 144 cm³/mol. The van der Waals surface area contributed by atoms with Gasteiger partial charge in [0.1, 0.15) is 0 Å². The molecule has 0 bridgehead atoms. The van der Waals surface area contributed by atoms with Crippen LogP contribution in [0.25, 0.3) is 0 Å². The third-order valence-corrected chi connectivity index (χ3v) is 8.27. The molecule has 2 aromatic rings. The topological polar surface area (TPSA) is 128 Å². The summed E-state index contributed by atoms with van der Waals surface area (Å²) in [5.41, 5.74) is 1.29. The Balaban J connectivity index is 1.32. The summed E-state index contributed by atoms with van der Waals surface area (Å²) in [6, 6.07) is 0. The second kappa shape index (κ2) is 11.4. The van der Waals surface area contributed by atoms with Gasteiger partial charge in [-0.2, -0.15) is 9.98 Å². The maximum atomic E-state index is 12.9. The molecule has 4 heterocycles. The van der Waals surface area contributed by atoms with Crippen molar-refractivity contribution in [2.45, 2.75) is 20.3 Å². The number of aliphatic imine (C=N–C) groups is 4. The molecule has 4 rings (SSSR count). The van der Waals surface area contributed by atoms with E-state index < -0.39 is 0 Å². The Morgan fingerprint density at radius 2 is 1.23 bits per heavy atom. The van der Waals surface area contributed by atoms with E-state index in [4.69, 9.17) is 0 Å². The van der Waals surface area contributed by atoms with E-state index in [2.05, 4.69) is 29.9 Å². The summed E-state index contributed by atoms with van der Waals surface area (Å²) >= 11 is 5.34. The van der Waals surface area contributed by atoms with Gasteiger partial charge in [-0.3, -0.25) is 0 Å². The SMILES string of the molecule is CC1=NC(=N\c2nccs2)/S/C1=C(\[O-])N(C)CCCN(C)/C([O-])=C1/S/C(=N/c2nccs2)N=C1C. The highest BCUT2D eigenvalue weighted by Gasteiger charge is 2.20. The van der Waals surface area contributed by atoms with Gasteiger partial charge in [-0.05, 0) is 55.6 Å². The van der Waals surface area contributed by atoms with Gasteiger partial charge < -0.3 is 20.0 Å². The van der Waals surface area contributed by atoms with E-state index in [0.29, 0.717) is 61.3 Å². The van der Waals surface area contributed by atoms with E-state index in [9.17, 15) is 10.2 Å². The van der Waals surface area contributed by atoms with Crippen molar-refractivity contribution in [3.05, 3.63) is 44.7 Å². The van der Waals surface area contributed by atoms with E-state index in [0.717, 1.165) is 0 Å². The van der Waals surface area contributed by atoms with Crippen molar-refractivity contribution in [3.8, 4) is 0 Å². The zero-order valence-corrected chi connectivity index (χ0v) is 22.7. The highest BCUT2D eigenvalue weighted by molar-refractivity contribution is 8.18. The minimum atomic E-state index is -0.110. The number of aromatic nitrogens is 2. The number of thiazole rings is 2. The molecule has 2 aliphatic rings. The average Bonchev–Trinajstić information content (AvgIpc) is 3.63. The first kappa shape index (κ1) is 25.4. The van der Waals surface area contributed by atoms with Crippen LogP contribution in [0.1, 0.15) is 20.3 Å². The lowest BCUT2D eigenvalue weighted by Gasteiger charge is -2.32. The Labute approximate surface area is 219 Å². The second-order valence-electron chi connectivity index (χ2n) is 7.48. The van der Waals surface area contributed by atoms with E-state index in [1.807, 2.05) is 10.8 Å². The summed E-state index contributed by atoms with van der Waals surface area (Å²) < 4.78 is 0. The minimum absolute atomic E-state index is 0.110. The highest BCUT2D eigenvalue weighted by Crippen LogP contribution is 2.33. The molecule has 14 heteroatoms. The molecule has 2 aliphatic heterocycles. The zero-order valence-electron chi connectivity index (χ0n) is 19.5. The van der Waals surface area contributed by atoms with Crippen molar-refractivity contribution in [2.24, 2.45) is 20.0 Å². The Morgan fingerprint density at radius 3 is 1.60 bits per heavy atom. The Bertz CT molecular complexity index is 1150. The maximum absolute atomic E-state index is 12.9. The van der Waals surface area contributed by atoms with Crippen molar-refractivity contribution < 1.29 is 10.2 Å². The molecule has 2 aromatic heterocycles. The Kier molecular flexibility index (Phi) is 8.26. The summed E-state index contributed by atoms with van der Waals surface area (Å²) in [6.07, 6.45) is 3.99. The monoisotopic (exact) mass is 546 g/mol. The van der Waals surface area contributed by atoms with Crippen LogP contribution < -0.4 is 10.2 Å². The summed E-state index contributed by atoms with van der Waals surface area (Å²) in [6.45, 7) is 4.60. The van der Waals surface area contributed by atoms with Gasteiger partial charge in [-0.25, -0.2) is 20.0 Å². The summed E-state index contributed by atoms with van der Waals surface area (Å²) in [7, 11) is 3.50. The van der Waals surface area contributed by atoms with Crippen LogP contribution in [0.5, 0.6) is 0 Å². The molecule has 0 aromatic carbocycles. The van der Waals surface area contributed by atoms with E-state index in [1.54, 1.807) is 50.1 Å². The molecule has 35 heavy (non-hydrogen) atoms. The molecule has 0 spiro atoms. The first-order valence-electron chi connectivity index (χ1n) is 10.5. The number of hydrogen-bond donors (Lipinski definition) is 0. The zero-order chi connectivity index (χ0) is 24.9. The Hall–Kier alpha value is -2.68. The average molecular weight is 547 g/mol. The maximum Gasteiger partial charge on any atom is 0.211 e. The van der Waals surface area contributed by atoms with E-state index in [1.165, 1.54) is 46.2 Å². The van der Waals surface area contributed by atoms with Crippen LogP contribution in [0.15, 0.2) is 64.7 Å². The summed E-state index contributed by atoms with van der Waals surface area (Å²) in [4.78, 5) is 30.2. The fraction of sp³-hybridized carbons (Fsp3) is 0.333. The van der Waals surface area contributed by atoms with Gasteiger partial charge >= 0.3 is 0 Å². The normalized spacial score (nSPS) is 20.9. The quantitative estimate of drug-likeness (QED) is 0.462. The number of hydrogen-bond acceptors (Lipinski definition) is 12. The van der Waals surface area contributed by atoms with Crippen LogP contribution in [-0.2, 0) is 0 Å². The molecule has 0 N–H and O–H groups in total. The molecule has 0 amide bonds. The van der Waals surface area contributed by atoms with Crippen LogP contribution in [0.2, 0.25) is 0 Å². The van der Waals surface area contributed by atoms with Gasteiger partial charge in [0, 0.05) is 60.1 Å². The van der Waals surface area contributed by atoms with E-state index >= 15 is 0 Å². The highest BCUT2D eigenvalue weighted by atomic mass is 32.2. The molecule has 0 atom stereocenters. The lowest BCUT2D eigenvalue weighted by Crippen LogP contribution is -2.33. The molecule has 0 saturated carbocycles. The van der Waals surface area contributed by atoms with Crippen LogP contribution in [0.4, 0.5) is 10.3 Å². The molecule has 184 valence electrons. The number of thioether (sulfide) groups is 2. The number of rotatable bonds is 8. The van der Waals surface area contributed by atoms with Gasteiger partial charge in [-0.15, -0.1) is 22.7 Å². The second-order valence-corrected chi connectivity index (χ2v) is 11.2. The van der Waals surface area contributed by atoms with Crippen LogP contribution in [0, 0.1) is 0 Å². The fourth-order valence-electron chi connectivity index (χ4n) is 3.06. The van der Waals surface area contributed by atoms with Gasteiger partial charge in [0.15, 0.2) is 10.3 Å². The lowest BCUT2D eigenvalue weighted by atomic mass is 10.3. The van der Waals surface area contributed by atoms with Gasteiger partial charge in [0.2, 0.25) is 10.3 Å². The number of amidine groups is 2. The third kappa shape index (κ3) is 6.31. The smallest absolute Gasteiger partial charge is 0.211 e. The predicted octanol–water partition coefficient (Wildman–Crippen LogP) is 3.00. The van der Waals surface area contributed by atoms with Crippen LogP contribution in [0.3, 0.4) is 0 Å². The third-order valence-electron chi connectivity index (χ3n) is 4.86. The van der Waals surface area contributed by atoms with Crippen molar-refractivity contribution in [3.63, 3.8) is 0 Å². The van der Waals surface area contributed by atoms with Crippen LogP contribution >= 0.6 is 46.2 Å². The molecular formula is C21H22N8O2S4-2. The molecule has 0 fully saturated rings. The molecular weight excluding hydrogens is 525 g/mol. The largest absolute Gasteiger partial charge is 0.860 e. The van der Waals surface area contributed by atoms with Crippen LogP contribution in [-0.4, -0.2) is 68.7 Å². The standard InChI is InChI=1S/C21H24N8O2S4/c1-12-14(34-20(24-12)26-18-22-6-10-32-18)16(30)28(3)8-5-9-29(4)17(31)15-13(2)25-21(35-15)27-19-23-7-11-33-19/h6-7,10-11,30-31H,5,8-9H2,1-4H3/p-2/b16-14-,17-15-,26-20+,27-21+. The van der Waals surface area contributed by atoms with Gasteiger partial charge in [0.25, 0.3) is 0 Å². The van der Waals surface area contributed by atoms with Crippen molar-refractivity contribution >= 4 is 78.2 Å². The first-order chi connectivity index (χ1) is 16.8. The summed E-state index contributed by atoms with van der Waals surface area (Å²) in [5.74, 6) is -0.220. The lowest BCUT2D eigenvalue weighted by molar-refractivity contribution is -0.332. The molecule has 0 aliphatic carbocycles. The summed E-state index contributed by atoms with van der Waals surface area (Å²) in [5, 5.41) is 31.8. The van der Waals surface area contributed by atoms with Crippen molar-refractivity contribution in [1.82, 2.24) is 19.8 Å². The van der Waals surface area contributed by atoms with Gasteiger partial charge in [-0.1, -0.05) is 0 Å². The molecule has 0 saturated heterocycles. The first-order valence-corrected chi connectivity index (χ1v) is 13.9. The van der Waals surface area contributed by atoms with Crippen molar-refractivity contribution in [2.75, 3.05) is 27.2 Å². The minimum Gasteiger partial charge on any atom is -0.860 e. The molecule has 0 unspecified atom stereocenters. The van der Waals surface area contributed by atoms with Crippen molar-refractivity contribution in [1.29, 1.82) is 0 Å². The number of allylic oxidation sites excluding steroid dienone is 2. The van der Waals surface area contributed by atoms with E-state index in [-0.39, 0.29) is 11.8 Å². The van der Waals surface area contributed by atoms with Gasteiger partial charge in [0.05, 0.1) is 11.4 Å². The molecule has 0 radical (unpaired) electrons.